The maximum absolute atomic E-state index is 5.75. The average Bonchev–Trinajstić information content (AvgIpc) is 2.39. The Balaban J connectivity index is 1.70. The highest BCUT2D eigenvalue weighted by Crippen LogP contribution is 2.26. The van der Waals surface area contributed by atoms with Gasteiger partial charge in [-0.2, -0.15) is 0 Å². The first kappa shape index (κ1) is 14.2. The van der Waals surface area contributed by atoms with Gasteiger partial charge in [-0.05, 0) is 50.8 Å². The summed E-state index contributed by atoms with van der Waals surface area (Å²) >= 11 is 0. The lowest BCUT2D eigenvalue weighted by molar-refractivity contribution is 0.145. The summed E-state index contributed by atoms with van der Waals surface area (Å²) in [6.45, 7) is 4.07. The van der Waals surface area contributed by atoms with E-state index >= 15 is 0 Å². The zero-order valence-corrected chi connectivity index (χ0v) is 12.1. The van der Waals surface area contributed by atoms with Gasteiger partial charge >= 0.3 is 0 Å². The predicted octanol–water partition coefficient (Wildman–Crippen LogP) is 3.16. The van der Waals surface area contributed by atoms with Crippen LogP contribution in [0.4, 0.5) is 5.69 Å². The van der Waals surface area contributed by atoms with E-state index in [1.54, 1.807) is 0 Å². The molecule has 0 aromatic heterocycles. The Labute approximate surface area is 116 Å². The summed E-state index contributed by atoms with van der Waals surface area (Å²) in [5, 5.41) is 0. The fourth-order valence-electron chi connectivity index (χ4n) is 2.78. The number of hydrogen-bond acceptors (Lipinski definition) is 3. The molecule has 2 rings (SSSR count). The Morgan fingerprint density at radius 2 is 2.00 bits per heavy atom. The third-order valence-corrected chi connectivity index (χ3v) is 4.18. The lowest BCUT2D eigenvalue weighted by Gasteiger charge is -2.33. The van der Waals surface area contributed by atoms with Crippen molar-refractivity contribution in [1.29, 1.82) is 0 Å². The van der Waals surface area contributed by atoms with E-state index in [-0.39, 0.29) is 0 Å². The number of nitrogens with two attached hydrogens (primary N) is 1. The molecule has 0 radical (unpaired) electrons. The fraction of sp³-hybridized carbons (Fsp3) is 0.625. The molecule has 3 heteroatoms. The van der Waals surface area contributed by atoms with Crippen molar-refractivity contribution in [2.45, 2.75) is 38.6 Å². The van der Waals surface area contributed by atoms with E-state index in [9.17, 15) is 0 Å². The molecule has 0 spiro atoms. The van der Waals surface area contributed by atoms with Crippen molar-refractivity contribution in [2.24, 2.45) is 5.92 Å². The molecule has 2 N–H and O–H groups in total. The van der Waals surface area contributed by atoms with Gasteiger partial charge in [0.05, 0.1) is 0 Å². The van der Waals surface area contributed by atoms with Crippen LogP contribution in [0.5, 0.6) is 5.75 Å². The predicted molar refractivity (Wildman–Crippen MR) is 80.4 cm³/mol. The van der Waals surface area contributed by atoms with Gasteiger partial charge in [0, 0.05) is 24.3 Å². The Bertz CT molecular complexity index is 386. The Morgan fingerprint density at radius 1 is 1.26 bits per heavy atom. The van der Waals surface area contributed by atoms with E-state index in [0.717, 1.165) is 36.5 Å². The van der Waals surface area contributed by atoms with Crippen molar-refractivity contribution < 1.29 is 4.74 Å². The molecular weight excluding hydrogens is 236 g/mol. The molecule has 1 fully saturated rings. The lowest BCUT2D eigenvalue weighted by Crippen LogP contribution is -2.37. The summed E-state index contributed by atoms with van der Waals surface area (Å²) in [6, 6.07) is 8.38. The fourth-order valence-corrected chi connectivity index (χ4v) is 2.78. The summed E-state index contributed by atoms with van der Waals surface area (Å²) in [7, 11) is 2.21. The minimum Gasteiger partial charge on any atom is -0.492 e. The first-order chi connectivity index (χ1) is 9.15. The van der Waals surface area contributed by atoms with Gasteiger partial charge in [0.2, 0.25) is 0 Å². The molecule has 1 saturated carbocycles. The average molecular weight is 262 g/mol. The molecule has 0 saturated heterocycles. The van der Waals surface area contributed by atoms with E-state index in [1.165, 1.54) is 25.7 Å². The molecule has 1 aromatic carbocycles. The number of nitrogen functional groups attached to an aromatic ring is 1. The molecule has 1 aliphatic rings. The molecule has 3 nitrogen and oxygen atoms in total. The molecule has 0 amide bonds. The van der Waals surface area contributed by atoms with E-state index in [0.29, 0.717) is 0 Å². The summed E-state index contributed by atoms with van der Waals surface area (Å²) in [5.74, 6) is 1.78. The molecule has 1 aromatic rings. The van der Waals surface area contributed by atoms with E-state index in [1.807, 2.05) is 24.3 Å². The van der Waals surface area contributed by atoms with Crippen molar-refractivity contribution >= 4 is 5.69 Å². The third-order valence-electron chi connectivity index (χ3n) is 4.18. The van der Waals surface area contributed by atoms with Crippen LogP contribution in [0.3, 0.4) is 0 Å². The molecule has 0 unspecified atom stereocenters. The first-order valence-electron chi connectivity index (χ1n) is 7.33. The topological polar surface area (TPSA) is 38.5 Å². The minimum atomic E-state index is 0.728. The van der Waals surface area contributed by atoms with E-state index in [4.69, 9.17) is 10.5 Å². The van der Waals surface area contributed by atoms with Crippen LogP contribution in [0.2, 0.25) is 0 Å². The van der Waals surface area contributed by atoms with Gasteiger partial charge in [-0.1, -0.05) is 13.0 Å². The molecule has 0 bridgehead atoms. The maximum Gasteiger partial charge on any atom is 0.121 e. The quantitative estimate of drug-likeness (QED) is 0.828. The first-order valence-corrected chi connectivity index (χ1v) is 7.33. The van der Waals surface area contributed by atoms with Gasteiger partial charge in [-0.25, -0.2) is 0 Å². The SMILES string of the molecule is CC1CCC(N(C)CCOc2cccc(N)c2)CC1. The summed E-state index contributed by atoms with van der Waals surface area (Å²) in [4.78, 5) is 2.44. The smallest absolute Gasteiger partial charge is 0.121 e. The summed E-state index contributed by atoms with van der Waals surface area (Å²) in [5.41, 5.74) is 6.49. The van der Waals surface area contributed by atoms with Gasteiger partial charge in [0.25, 0.3) is 0 Å². The minimum absolute atomic E-state index is 0.728. The summed E-state index contributed by atoms with van der Waals surface area (Å²) < 4.78 is 5.75. The van der Waals surface area contributed by atoms with Crippen LogP contribution >= 0.6 is 0 Å². The highest BCUT2D eigenvalue weighted by atomic mass is 16.5. The van der Waals surface area contributed by atoms with Gasteiger partial charge in [0.15, 0.2) is 0 Å². The number of ether oxygens (including phenoxy) is 1. The molecule has 0 atom stereocenters. The van der Waals surface area contributed by atoms with Crippen LogP contribution in [0.15, 0.2) is 24.3 Å². The Kier molecular flexibility index (Phi) is 5.08. The number of anilines is 1. The monoisotopic (exact) mass is 262 g/mol. The van der Waals surface area contributed by atoms with Crippen LogP contribution < -0.4 is 10.5 Å². The zero-order valence-electron chi connectivity index (χ0n) is 12.1. The van der Waals surface area contributed by atoms with Crippen molar-refractivity contribution in [3.63, 3.8) is 0 Å². The zero-order chi connectivity index (χ0) is 13.7. The maximum atomic E-state index is 5.75. The summed E-state index contributed by atoms with van der Waals surface area (Å²) in [6.07, 6.45) is 5.39. The van der Waals surface area contributed by atoms with Crippen molar-refractivity contribution in [3.8, 4) is 5.75 Å². The number of likely N-dealkylation sites (N-methyl/N-ethyl adjacent to an activating group) is 1. The van der Waals surface area contributed by atoms with E-state index in [2.05, 4.69) is 18.9 Å². The Hall–Kier alpha value is -1.22. The molecular formula is C16H26N2O. The second-order valence-corrected chi connectivity index (χ2v) is 5.82. The standard InChI is InChI=1S/C16H26N2O/c1-13-6-8-15(9-7-13)18(2)10-11-19-16-5-3-4-14(17)12-16/h3-5,12-13,15H,6-11,17H2,1-2H3. The van der Waals surface area contributed by atoms with Crippen LogP contribution in [0, 0.1) is 5.92 Å². The van der Waals surface area contributed by atoms with Crippen LogP contribution in [0.1, 0.15) is 32.6 Å². The normalized spacial score (nSPS) is 23.5. The molecule has 19 heavy (non-hydrogen) atoms. The largest absolute Gasteiger partial charge is 0.492 e. The number of rotatable bonds is 5. The van der Waals surface area contributed by atoms with Crippen molar-refractivity contribution in [2.75, 3.05) is 25.9 Å². The van der Waals surface area contributed by atoms with Crippen LogP contribution in [-0.4, -0.2) is 31.1 Å². The Morgan fingerprint density at radius 3 is 2.68 bits per heavy atom. The van der Waals surface area contributed by atoms with Crippen LogP contribution in [-0.2, 0) is 0 Å². The second kappa shape index (κ2) is 6.80. The van der Waals surface area contributed by atoms with Gasteiger partial charge in [0.1, 0.15) is 12.4 Å². The second-order valence-electron chi connectivity index (χ2n) is 5.82. The van der Waals surface area contributed by atoms with Crippen molar-refractivity contribution in [1.82, 2.24) is 4.90 Å². The molecule has 0 heterocycles. The van der Waals surface area contributed by atoms with Crippen molar-refractivity contribution in [3.05, 3.63) is 24.3 Å². The highest BCUT2D eigenvalue weighted by molar-refractivity contribution is 5.43. The molecule has 0 aliphatic heterocycles. The molecule has 1 aliphatic carbocycles. The number of benzene rings is 1. The molecule has 106 valence electrons. The number of hydrogen-bond donors (Lipinski definition) is 1. The lowest BCUT2D eigenvalue weighted by atomic mass is 9.87. The van der Waals surface area contributed by atoms with Gasteiger partial charge < -0.3 is 15.4 Å². The highest BCUT2D eigenvalue weighted by Gasteiger charge is 2.21. The van der Waals surface area contributed by atoms with Gasteiger partial charge in [-0.3, -0.25) is 0 Å². The van der Waals surface area contributed by atoms with E-state index < -0.39 is 0 Å². The van der Waals surface area contributed by atoms with Crippen LogP contribution in [0.25, 0.3) is 0 Å². The van der Waals surface area contributed by atoms with Gasteiger partial charge in [-0.15, -0.1) is 0 Å². The number of nitrogens with zero attached hydrogens (tertiary/aromatic N) is 1. The third kappa shape index (κ3) is 4.43.